The topological polar surface area (TPSA) is 32.8 Å². The molecule has 0 saturated carbocycles. The van der Waals surface area contributed by atoms with Gasteiger partial charge in [0.15, 0.2) is 0 Å². The first-order chi connectivity index (χ1) is 9.15. The first-order valence-electron chi connectivity index (χ1n) is 6.95. The SMILES string of the molecule is CCN1CCN(C2(C)Oc3ccccc3C2=O)CC1. The monoisotopic (exact) mass is 260 g/mol. The summed E-state index contributed by atoms with van der Waals surface area (Å²) in [4.78, 5) is 17.2. The Morgan fingerprint density at radius 3 is 2.53 bits per heavy atom. The number of ether oxygens (including phenoxy) is 1. The van der Waals surface area contributed by atoms with Gasteiger partial charge in [0.25, 0.3) is 0 Å². The number of benzene rings is 1. The second-order valence-corrected chi connectivity index (χ2v) is 5.33. The molecule has 19 heavy (non-hydrogen) atoms. The van der Waals surface area contributed by atoms with Crippen molar-refractivity contribution in [3.63, 3.8) is 0 Å². The third-order valence-electron chi connectivity index (χ3n) is 4.28. The molecule has 1 saturated heterocycles. The van der Waals surface area contributed by atoms with Gasteiger partial charge in [-0.15, -0.1) is 0 Å². The molecule has 1 aromatic rings. The lowest BCUT2D eigenvalue weighted by Gasteiger charge is -2.41. The predicted octanol–water partition coefficient (Wildman–Crippen LogP) is 1.62. The van der Waals surface area contributed by atoms with Crippen molar-refractivity contribution in [3.8, 4) is 5.75 Å². The average Bonchev–Trinajstić information content (AvgIpc) is 2.72. The molecule has 1 aromatic carbocycles. The zero-order chi connectivity index (χ0) is 13.5. The van der Waals surface area contributed by atoms with Crippen LogP contribution in [0.25, 0.3) is 0 Å². The number of likely N-dealkylation sites (N-methyl/N-ethyl adjacent to an activating group) is 1. The quantitative estimate of drug-likeness (QED) is 0.809. The molecule has 2 heterocycles. The minimum absolute atomic E-state index is 0.0908. The summed E-state index contributed by atoms with van der Waals surface area (Å²) in [5.41, 5.74) is -0.105. The van der Waals surface area contributed by atoms with E-state index in [9.17, 15) is 4.79 Å². The summed E-state index contributed by atoms with van der Waals surface area (Å²) in [6.07, 6.45) is 0. The lowest BCUT2D eigenvalue weighted by molar-refractivity contribution is -0.0540. The van der Waals surface area contributed by atoms with Crippen molar-refractivity contribution in [2.24, 2.45) is 0 Å². The number of Topliss-reactive ketones (excluding diaryl/α,β-unsaturated/α-hetero) is 1. The van der Waals surface area contributed by atoms with Crippen LogP contribution in [-0.2, 0) is 0 Å². The maximum absolute atomic E-state index is 12.6. The number of fused-ring (bicyclic) bond motifs is 1. The van der Waals surface area contributed by atoms with Gasteiger partial charge in [0, 0.05) is 26.2 Å². The fourth-order valence-electron chi connectivity index (χ4n) is 2.95. The number of carbonyl (C=O) groups excluding carboxylic acids is 1. The molecule has 0 amide bonds. The summed E-state index contributed by atoms with van der Waals surface area (Å²) in [5, 5.41) is 0. The van der Waals surface area contributed by atoms with Crippen LogP contribution in [0, 0.1) is 0 Å². The van der Waals surface area contributed by atoms with Crippen LogP contribution < -0.4 is 4.74 Å². The molecule has 0 radical (unpaired) electrons. The summed E-state index contributed by atoms with van der Waals surface area (Å²) >= 11 is 0. The number of hydrogen-bond donors (Lipinski definition) is 0. The Morgan fingerprint density at radius 1 is 1.21 bits per heavy atom. The van der Waals surface area contributed by atoms with Gasteiger partial charge in [-0.3, -0.25) is 9.69 Å². The number of carbonyl (C=O) groups is 1. The van der Waals surface area contributed by atoms with E-state index >= 15 is 0 Å². The van der Waals surface area contributed by atoms with Crippen molar-refractivity contribution >= 4 is 5.78 Å². The second-order valence-electron chi connectivity index (χ2n) is 5.33. The van der Waals surface area contributed by atoms with Gasteiger partial charge in [0.05, 0.1) is 5.56 Å². The Balaban J connectivity index is 1.81. The van der Waals surface area contributed by atoms with Crippen LogP contribution in [0.2, 0.25) is 0 Å². The van der Waals surface area contributed by atoms with Gasteiger partial charge in [-0.2, -0.15) is 0 Å². The van der Waals surface area contributed by atoms with E-state index in [1.807, 2.05) is 31.2 Å². The van der Waals surface area contributed by atoms with Crippen molar-refractivity contribution in [2.45, 2.75) is 19.6 Å². The number of para-hydroxylation sites is 1. The Labute approximate surface area is 113 Å². The van der Waals surface area contributed by atoms with Crippen molar-refractivity contribution in [2.75, 3.05) is 32.7 Å². The number of rotatable bonds is 2. The van der Waals surface area contributed by atoms with Gasteiger partial charge in [0.1, 0.15) is 5.75 Å². The van der Waals surface area contributed by atoms with Crippen molar-refractivity contribution in [3.05, 3.63) is 29.8 Å². The second kappa shape index (κ2) is 4.62. The lowest BCUT2D eigenvalue weighted by atomic mass is 10.0. The van der Waals surface area contributed by atoms with Crippen LogP contribution in [-0.4, -0.2) is 54.0 Å². The van der Waals surface area contributed by atoms with Crippen LogP contribution >= 0.6 is 0 Å². The number of piperazine rings is 1. The first-order valence-corrected chi connectivity index (χ1v) is 6.95. The molecule has 4 nitrogen and oxygen atoms in total. The molecular weight excluding hydrogens is 240 g/mol. The molecular formula is C15H20N2O2. The number of hydrogen-bond acceptors (Lipinski definition) is 4. The Kier molecular flexibility index (Phi) is 3.07. The van der Waals surface area contributed by atoms with E-state index in [0.29, 0.717) is 11.3 Å². The molecule has 1 fully saturated rings. The minimum Gasteiger partial charge on any atom is -0.464 e. The fourth-order valence-corrected chi connectivity index (χ4v) is 2.95. The molecule has 4 heteroatoms. The van der Waals surface area contributed by atoms with E-state index in [0.717, 1.165) is 32.7 Å². The highest BCUT2D eigenvalue weighted by Crippen LogP contribution is 2.37. The molecule has 2 aliphatic heterocycles. The predicted molar refractivity (Wildman–Crippen MR) is 73.5 cm³/mol. The van der Waals surface area contributed by atoms with Crippen molar-refractivity contribution in [1.82, 2.24) is 9.80 Å². The zero-order valence-electron chi connectivity index (χ0n) is 11.6. The standard InChI is InChI=1S/C15H20N2O2/c1-3-16-8-10-17(11-9-16)15(2)14(18)12-6-4-5-7-13(12)19-15/h4-7H,3,8-11H2,1-2H3. The Morgan fingerprint density at radius 2 is 1.89 bits per heavy atom. The maximum Gasteiger partial charge on any atom is 0.225 e. The first kappa shape index (κ1) is 12.6. The van der Waals surface area contributed by atoms with E-state index < -0.39 is 5.72 Å². The smallest absolute Gasteiger partial charge is 0.225 e. The van der Waals surface area contributed by atoms with Crippen molar-refractivity contribution < 1.29 is 9.53 Å². The van der Waals surface area contributed by atoms with Crippen LogP contribution in [0.1, 0.15) is 24.2 Å². The summed E-state index contributed by atoms with van der Waals surface area (Å²) in [6.45, 7) is 8.90. The molecule has 0 aliphatic carbocycles. The zero-order valence-corrected chi connectivity index (χ0v) is 11.6. The summed E-state index contributed by atoms with van der Waals surface area (Å²) in [5.74, 6) is 0.806. The highest BCUT2D eigenvalue weighted by Gasteiger charge is 2.48. The van der Waals surface area contributed by atoms with Gasteiger partial charge in [-0.25, -0.2) is 0 Å². The molecule has 3 rings (SSSR count). The average molecular weight is 260 g/mol. The van der Waals surface area contributed by atoms with E-state index in [-0.39, 0.29) is 5.78 Å². The molecule has 1 unspecified atom stereocenters. The van der Waals surface area contributed by atoms with E-state index in [1.165, 1.54) is 0 Å². The number of nitrogens with zero attached hydrogens (tertiary/aromatic N) is 2. The minimum atomic E-state index is -0.816. The summed E-state index contributed by atoms with van der Waals surface area (Å²) in [6, 6.07) is 7.53. The third kappa shape index (κ3) is 1.95. The van der Waals surface area contributed by atoms with Gasteiger partial charge >= 0.3 is 0 Å². The third-order valence-corrected chi connectivity index (χ3v) is 4.28. The highest BCUT2D eigenvalue weighted by molar-refractivity contribution is 6.06. The van der Waals surface area contributed by atoms with Gasteiger partial charge < -0.3 is 9.64 Å². The maximum atomic E-state index is 12.6. The van der Waals surface area contributed by atoms with E-state index in [1.54, 1.807) is 0 Å². The highest BCUT2D eigenvalue weighted by atomic mass is 16.5. The van der Waals surface area contributed by atoms with Crippen LogP contribution in [0.3, 0.4) is 0 Å². The van der Waals surface area contributed by atoms with Crippen molar-refractivity contribution in [1.29, 1.82) is 0 Å². The molecule has 0 spiro atoms. The fraction of sp³-hybridized carbons (Fsp3) is 0.533. The van der Waals surface area contributed by atoms with Crippen LogP contribution in [0.5, 0.6) is 5.75 Å². The van der Waals surface area contributed by atoms with Gasteiger partial charge in [-0.1, -0.05) is 19.1 Å². The molecule has 0 aromatic heterocycles. The lowest BCUT2D eigenvalue weighted by Crippen LogP contribution is -2.60. The molecule has 0 bridgehead atoms. The largest absolute Gasteiger partial charge is 0.464 e. The molecule has 102 valence electrons. The Hall–Kier alpha value is -1.39. The molecule has 2 aliphatic rings. The summed E-state index contributed by atoms with van der Waals surface area (Å²) in [7, 11) is 0. The number of ketones is 1. The normalized spacial score (nSPS) is 28.2. The van der Waals surface area contributed by atoms with Gasteiger partial charge in [-0.05, 0) is 25.6 Å². The summed E-state index contributed by atoms with van der Waals surface area (Å²) < 4.78 is 5.97. The van der Waals surface area contributed by atoms with Crippen LogP contribution in [0.15, 0.2) is 24.3 Å². The molecule has 0 N–H and O–H groups in total. The van der Waals surface area contributed by atoms with E-state index in [2.05, 4.69) is 16.7 Å². The molecule has 1 atom stereocenters. The van der Waals surface area contributed by atoms with Crippen LogP contribution in [0.4, 0.5) is 0 Å². The van der Waals surface area contributed by atoms with Gasteiger partial charge in [0.2, 0.25) is 11.5 Å². The van der Waals surface area contributed by atoms with E-state index in [4.69, 9.17) is 4.74 Å². The Bertz CT molecular complexity index is 495.